The fourth-order valence-electron chi connectivity index (χ4n) is 4.21. The zero-order valence-corrected chi connectivity index (χ0v) is 21.2. The number of fused-ring (bicyclic) bond motifs is 4. The summed E-state index contributed by atoms with van der Waals surface area (Å²) in [5.74, 6) is -2.34. The molecule has 200 valence electrons. The second-order valence-corrected chi connectivity index (χ2v) is 11.1. The van der Waals surface area contributed by atoms with E-state index in [1.165, 1.54) is 34.8 Å². The molecule has 5 rings (SSSR count). The number of carbonyl (C=O) groups is 1. The van der Waals surface area contributed by atoms with Crippen LogP contribution in [-0.2, 0) is 10.4 Å². The third-order valence-corrected chi connectivity index (χ3v) is 8.17. The maximum atomic E-state index is 12.1. The van der Waals surface area contributed by atoms with E-state index in [-0.39, 0.29) is 22.3 Å². The second-order valence-electron chi connectivity index (χ2n) is 7.79. The molecule has 3 aromatic carbocycles. The summed E-state index contributed by atoms with van der Waals surface area (Å²) in [6, 6.07) is 11.4. The van der Waals surface area contributed by atoms with E-state index in [4.69, 9.17) is 17.5 Å². The van der Waals surface area contributed by atoms with E-state index in [0.29, 0.717) is 4.19 Å². The van der Waals surface area contributed by atoms with Gasteiger partial charge in [0.05, 0.1) is 60.6 Å². The van der Waals surface area contributed by atoms with Gasteiger partial charge in [0.2, 0.25) is 10.4 Å². The number of non-ortho nitro benzene ring substituents is 2. The first-order valence-corrected chi connectivity index (χ1v) is 13.2. The molecular formula is C21H11N3O12S3. The van der Waals surface area contributed by atoms with Crippen molar-refractivity contribution in [3.8, 4) is 11.1 Å². The highest BCUT2D eigenvalue weighted by Crippen LogP contribution is 2.57. The van der Waals surface area contributed by atoms with Crippen molar-refractivity contribution in [1.82, 2.24) is 0 Å². The van der Waals surface area contributed by atoms with Gasteiger partial charge < -0.3 is 9.66 Å². The molecule has 1 aliphatic carbocycles. The van der Waals surface area contributed by atoms with Gasteiger partial charge in [-0.15, -0.1) is 0 Å². The maximum absolute atomic E-state index is 12.1. The number of nitrogens with zero attached hydrogens (tertiary/aromatic N) is 3. The van der Waals surface area contributed by atoms with Crippen LogP contribution in [0.2, 0.25) is 0 Å². The summed E-state index contributed by atoms with van der Waals surface area (Å²) in [5.41, 5.74) is -1.88. The number of nitro benzene ring substituents is 3. The molecule has 39 heavy (non-hydrogen) atoms. The standard InChI is InChI=1S/C21H9N3O8S2.H2O4S/c25-20(26)13-7-9(22(27)28)5-11-17(13)19-12(6-10(23(29)30)8-14(19)24(31)32)18(11)21-33-15-3-1-2-4-16(15)34-21;1-5(2,3)4/h1-8,18H;(H2,1,2,3,4). The van der Waals surface area contributed by atoms with Crippen LogP contribution in [-0.4, -0.2) is 43.4 Å². The molecular weight excluding hydrogens is 582 g/mol. The van der Waals surface area contributed by atoms with Gasteiger partial charge in [0, 0.05) is 23.8 Å². The number of carboxylic acid groups (broad SMARTS) is 1. The van der Waals surface area contributed by atoms with Crippen LogP contribution in [0.4, 0.5) is 17.1 Å². The molecule has 18 heteroatoms. The van der Waals surface area contributed by atoms with Crippen LogP contribution >= 0.6 is 22.7 Å². The molecule has 15 nitrogen and oxygen atoms in total. The van der Waals surface area contributed by atoms with Crippen molar-refractivity contribution in [2.24, 2.45) is 0 Å². The van der Waals surface area contributed by atoms with E-state index >= 15 is 0 Å². The molecule has 0 saturated carbocycles. The number of rotatable bonds is 5. The fraction of sp³-hybridized carbons (Fsp3) is 0.0476. The molecule has 1 aliphatic rings. The lowest BCUT2D eigenvalue weighted by molar-refractivity contribution is -0.393. The number of carboxylic acids is 1. The van der Waals surface area contributed by atoms with Crippen molar-refractivity contribution in [2.45, 2.75) is 5.92 Å². The second kappa shape index (κ2) is 10.0. The molecule has 2 N–H and O–H groups in total. The third-order valence-electron chi connectivity index (χ3n) is 5.51. The van der Waals surface area contributed by atoms with Crippen molar-refractivity contribution >= 4 is 65.5 Å². The Hall–Kier alpha value is -4.49. The van der Waals surface area contributed by atoms with Crippen LogP contribution in [0.5, 0.6) is 0 Å². The number of benzene rings is 3. The average Bonchev–Trinajstić information content (AvgIpc) is 3.39. The minimum absolute atomic E-state index is 0.0376. The van der Waals surface area contributed by atoms with Gasteiger partial charge in [-0.1, -0.05) is 12.1 Å². The predicted octanol–water partition coefficient (Wildman–Crippen LogP) is 4.83. The molecule has 0 aliphatic heterocycles. The van der Waals surface area contributed by atoms with Gasteiger partial charge in [-0.2, -0.15) is 0 Å². The first-order chi connectivity index (χ1) is 18.2. The van der Waals surface area contributed by atoms with Crippen molar-refractivity contribution in [1.29, 1.82) is 0 Å². The van der Waals surface area contributed by atoms with Gasteiger partial charge in [-0.05, 0) is 23.3 Å². The molecule has 0 spiro atoms. The van der Waals surface area contributed by atoms with Crippen LogP contribution in [0.3, 0.4) is 0 Å². The lowest BCUT2D eigenvalue weighted by atomic mass is 9.96. The molecule has 0 saturated heterocycles. The molecule has 1 unspecified atom stereocenters. The van der Waals surface area contributed by atoms with Gasteiger partial charge >= 0.3 is 5.97 Å². The maximum Gasteiger partial charge on any atom is 0.336 e. The Morgan fingerprint density at radius 2 is 1.44 bits per heavy atom. The molecule has 1 heterocycles. The highest BCUT2D eigenvalue weighted by molar-refractivity contribution is 7.79. The van der Waals surface area contributed by atoms with Gasteiger partial charge in [-0.25, -0.2) is 13.2 Å². The van der Waals surface area contributed by atoms with Gasteiger partial charge in [0.25, 0.3) is 21.3 Å². The Kier molecular flexibility index (Phi) is 7.06. The molecule has 0 radical (unpaired) electrons. The molecule has 0 amide bonds. The number of aromatic carboxylic acids is 1. The molecule has 0 fully saturated rings. The number of hydrogen-bond acceptors (Lipinski definition) is 11. The number of nitro groups is 3. The quantitative estimate of drug-likeness (QED) is 0.0914. The molecule has 1 aromatic heterocycles. The Bertz CT molecular complexity index is 1710. The summed E-state index contributed by atoms with van der Waals surface area (Å²) in [4.78, 5) is 44.8. The summed E-state index contributed by atoms with van der Waals surface area (Å²) in [6.45, 7) is 0. The summed E-state index contributed by atoms with van der Waals surface area (Å²) in [7, 11) is -4.92. The third kappa shape index (κ3) is 5.40. The summed E-state index contributed by atoms with van der Waals surface area (Å²) >= 11 is 2.68. The zero-order valence-electron chi connectivity index (χ0n) is 18.7. The fourth-order valence-corrected chi connectivity index (χ4v) is 6.97. The van der Waals surface area contributed by atoms with E-state index < -0.39 is 59.7 Å². The van der Waals surface area contributed by atoms with Crippen molar-refractivity contribution < 1.29 is 42.2 Å². The average molecular weight is 594 g/mol. The van der Waals surface area contributed by atoms with E-state index in [0.717, 1.165) is 21.5 Å². The Labute approximate surface area is 224 Å². The number of hydrogen-bond donors (Lipinski definition) is 2. The summed E-state index contributed by atoms with van der Waals surface area (Å²) < 4.78 is 35.3. The van der Waals surface area contributed by atoms with Crippen molar-refractivity contribution in [3.63, 3.8) is 0 Å². The lowest BCUT2D eigenvalue weighted by Crippen LogP contribution is -2.04. The highest BCUT2D eigenvalue weighted by atomic mass is 32.3. The van der Waals surface area contributed by atoms with E-state index in [1.54, 1.807) is 0 Å². The summed E-state index contributed by atoms with van der Waals surface area (Å²) in [6.07, 6.45) is 0. The Morgan fingerprint density at radius 3 is 1.95 bits per heavy atom. The first-order valence-electron chi connectivity index (χ1n) is 10.2. The smallest absolute Gasteiger partial charge is 0.336 e. The van der Waals surface area contributed by atoms with Gasteiger partial charge in [0.15, 0.2) is 9.40 Å². The lowest BCUT2D eigenvalue weighted by Gasteiger charge is -2.07. The monoisotopic (exact) mass is 593 g/mol. The van der Waals surface area contributed by atoms with E-state index in [9.17, 15) is 40.2 Å². The van der Waals surface area contributed by atoms with Crippen molar-refractivity contribution in [2.75, 3.05) is 0 Å². The van der Waals surface area contributed by atoms with Crippen LogP contribution in [0.15, 0.2) is 48.5 Å². The van der Waals surface area contributed by atoms with Crippen molar-refractivity contribution in [3.05, 3.63) is 99.8 Å². The summed E-state index contributed by atoms with van der Waals surface area (Å²) in [5, 5.41) is 44.9. The van der Waals surface area contributed by atoms with E-state index in [2.05, 4.69) is 0 Å². The molecule has 0 bridgehead atoms. The minimum atomic E-state index is -4.92. The normalized spacial score (nSPS) is 13.6. The van der Waals surface area contributed by atoms with Gasteiger partial charge in [0.1, 0.15) is 0 Å². The van der Waals surface area contributed by atoms with E-state index in [1.807, 2.05) is 24.3 Å². The molecule has 4 aromatic rings. The Morgan fingerprint density at radius 1 is 0.897 bits per heavy atom. The highest BCUT2D eigenvalue weighted by Gasteiger charge is 2.45. The zero-order chi connectivity index (χ0) is 28.8. The van der Waals surface area contributed by atoms with Crippen LogP contribution in [0.25, 0.3) is 20.5 Å². The SMILES string of the molecule is O=C(O)c1cc([N+](=O)[O-])cc2c1-c1c(cc([N+](=O)[O-])cc1[N+](=O)[O-])C2c1sc2ccccc2[s+]1.O=S(=O)([O-])O. The topological polar surface area (TPSA) is 244 Å². The van der Waals surface area contributed by atoms with Crippen LogP contribution in [0.1, 0.15) is 31.6 Å². The van der Waals surface area contributed by atoms with Crippen LogP contribution < -0.4 is 0 Å². The largest absolute Gasteiger partial charge is 0.726 e. The Balaban J connectivity index is 0.000000648. The minimum Gasteiger partial charge on any atom is -0.726 e. The predicted molar refractivity (Wildman–Crippen MR) is 136 cm³/mol. The first kappa shape index (κ1) is 27.5. The van der Waals surface area contributed by atoms with Crippen LogP contribution in [0, 0.1) is 30.3 Å². The molecule has 1 atom stereocenters. The van der Waals surface area contributed by atoms with Gasteiger partial charge in [-0.3, -0.25) is 34.9 Å².